The first-order valence-corrected chi connectivity index (χ1v) is 14.5. The van der Waals surface area contributed by atoms with Crippen LogP contribution in [-0.2, 0) is 34.4 Å². The van der Waals surface area contributed by atoms with Gasteiger partial charge in [-0.2, -0.15) is 0 Å². The molecule has 0 bridgehead atoms. The maximum Gasteiger partial charge on any atom is 0.407 e. The molecule has 6 atom stereocenters. The summed E-state index contributed by atoms with van der Waals surface area (Å²) in [6, 6.07) is 18.5. The Balaban J connectivity index is 1.58. The Kier molecular flexibility index (Phi) is 9.72. The number of aliphatic hydroxyl groups is 1. The molecule has 41 heavy (non-hydrogen) atoms. The van der Waals surface area contributed by atoms with Gasteiger partial charge in [-0.25, -0.2) is 19.2 Å². The lowest BCUT2D eigenvalue weighted by Crippen LogP contribution is -2.53. The Labute approximate surface area is 235 Å². The summed E-state index contributed by atoms with van der Waals surface area (Å²) in [6.45, 7) is 2.73. The number of carbonyl (C=O) groups excluding carboxylic acids is 1. The zero-order valence-corrected chi connectivity index (χ0v) is 23.4. The summed E-state index contributed by atoms with van der Waals surface area (Å²) < 4.78 is 37.8. The van der Waals surface area contributed by atoms with Crippen molar-refractivity contribution in [2.75, 3.05) is 13.2 Å². The number of aromatic nitrogens is 2. The van der Waals surface area contributed by atoms with Crippen molar-refractivity contribution in [3.8, 4) is 0 Å². The molecule has 1 aromatic heterocycles. The number of aromatic amines is 1. The van der Waals surface area contributed by atoms with Crippen LogP contribution in [0.2, 0.25) is 0 Å². The molecule has 0 spiro atoms. The van der Waals surface area contributed by atoms with Gasteiger partial charge in [0.2, 0.25) is 0 Å². The van der Waals surface area contributed by atoms with E-state index >= 15 is 0 Å². The second-order valence-electron chi connectivity index (χ2n) is 9.62. The minimum Gasteiger partial charge on any atom is -0.464 e. The van der Waals surface area contributed by atoms with Crippen molar-refractivity contribution < 1.29 is 33.0 Å². The van der Waals surface area contributed by atoms with Gasteiger partial charge in [0.25, 0.3) is 5.56 Å². The Bertz CT molecular complexity index is 1480. The second kappa shape index (κ2) is 13.0. The number of esters is 1. The fourth-order valence-corrected chi connectivity index (χ4v) is 5.77. The number of nitrogens with one attached hydrogen (secondary N) is 2. The van der Waals surface area contributed by atoms with Crippen molar-refractivity contribution in [1.29, 1.82) is 0 Å². The quantitative estimate of drug-likeness (QED) is 0.179. The summed E-state index contributed by atoms with van der Waals surface area (Å²) in [7, 11) is -4.31. The highest BCUT2D eigenvalue weighted by Gasteiger charge is 2.52. The minimum atomic E-state index is -4.31. The molecular formula is C27H33N4O9P. The van der Waals surface area contributed by atoms with E-state index in [0.29, 0.717) is 5.56 Å². The summed E-state index contributed by atoms with van der Waals surface area (Å²) in [6.07, 6.45) is -3.94. The number of ether oxygens (including phenoxy) is 2. The molecular weight excluding hydrogens is 555 g/mol. The molecule has 0 saturated carbocycles. The van der Waals surface area contributed by atoms with Gasteiger partial charge in [0, 0.05) is 18.8 Å². The summed E-state index contributed by atoms with van der Waals surface area (Å²) in [5, 5.41) is 13.7. The van der Waals surface area contributed by atoms with Crippen molar-refractivity contribution in [1.82, 2.24) is 14.6 Å². The maximum atomic E-state index is 14.1. The van der Waals surface area contributed by atoms with E-state index in [4.69, 9.17) is 24.3 Å². The molecule has 2 aromatic carbocycles. The molecule has 5 N–H and O–H groups in total. The minimum absolute atomic E-state index is 0.0561. The predicted molar refractivity (Wildman–Crippen MR) is 148 cm³/mol. The molecule has 220 valence electrons. The van der Waals surface area contributed by atoms with E-state index in [1.807, 2.05) is 6.07 Å². The van der Waals surface area contributed by atoms with E-state index in [9.17, 15) is 24.1 Å². The van der Waals surface area contributed by atoms with Gasteiger partial charge < -0.3 is 20.3 Å². The predicted octanol–water partition coefficient (Wildman–Crippen LogP) is 1.75. The molecule has 13 nitrogen and oxygen atoms in total. The molecule has 1 aliphatic rings. The molecule has 1 aliphatic heterocycles. The van der Waals surface area contributed by atoms with Gasteiger partial charge in [0.15, 0.2) is 12.3 Å². The van der Waals surface area contributed by atoms with Gasteiger partial charge in [-0.1, -0.05) is 60.7 Å². The number of hydrogen-bond donors (Lipinski definition) is 4. The van der Waals surface area contributed by atoms with E-state index in [2.05, 4.69) is 10.1 Å². The van der Waals surface area contributed by atoms with E-state index in [-0.39, 0.29) is 13.2 Å². The third-order valence-electron chi connectivity index (χ3n) is 6.50. The normalized spacial score (nSPS) is 24.4. The van der Waals surface area contributed by atoms with E-state index in [0.717, 1.165) is 16.2 Å². The Morgan fingerprint density at radius 1 is 1.17 bits per heavy atom. The maximum absolute atomic E-state index is 14.1. The summed E-state index contributed by atoms with van der Waals surface area (Å²) >= 11 is 0. The number of rotatable bonds is 12. The van der Waals surface area contributed by atoms with Crippen LogP contribution in [0.15, 0.2) is 82.5 Å². The lowest BCUT2D eigenvalue weighted by atomic mass is 9.93. The van der Waals surface area contributed by atoms with Gasteiger partial charge >= 0.3 is 19.4 Å². The fourth-order valence-electron chi connectivity index (χ4n) is 4.33. The van der Waals surface area contributed by atoms with Crippen LogP contribution in [0.25, 0.3) is 0 Å². The molecule has 1 saturated heterocycles. The third-order valence-corrected chi connectivity index (χ3v) is 8.03. The molecule has 6 unspecified atom stereocenters. The van der Waals surface area contributed by atoms with Crippen molar-refractivity contribution in [2.24, 2.45) is 5.73 Å². The molecule has 0 amide bonds. The van der Waals surface area contributed by atoms with Crippen LogP contribution in [0.1, 0.15) is 37.3 Å². The van der Waals surface area contributed by atoms with Crippen LogP contribution in [0.3, 0.4) is 0 Å². The van der Waals surface area contributed by atoms with Gasteiger partial charge in [-0.05, 0) is 25.0 Å². The number of hydrogen-bond acceptors (Lipinski definition) is 10. The fraction of sp³-hybridized carbons (Fsp3) is 0.370. The average Bonchev–Trinajstić information content (AvgIpc) is 3.18. The van der Waals surface area contributed by atoms with Gasteiger partial charge in [-0.15, -0.1) is 0 Å². The molecule has 0 aliphatic carbocycles. The van der Waals surface area contributed by atoms with Crippen molar-refractivity contribution in [3.05, 3.63) is 105 Å². The zero-order chi connectivity index (χ0) is 29.6. The van der Waals surface area contributed by atoms with Gasteiger partial charge in [-0.3, -0.25) is 23.4 Å². The second-order valence-corrected chi connectivity index (χ2v) is 11.4. The Morgan fingerprint density at radius 3 is 2.46 bits per heavy atom. The van der Waals surface area contributed by atoms with Crippen LogP contribution in [-0.4, -0.2) is 51.6 Å². The van der Waals surface area contributed by atoms with Crippen LogP contribution < -0.4 is 22.1 Å². The Morgan fingerprint density at radius 2 is 1.83 bits per heavy atom. The van der Waals surface area contributed by atoms with Crippen molar-refractivity contribution in [3.63, 3.8) is 0 Å². The van der Waals surface area contributed by atoms with E-state index in [1.54, 1.807) is 61.5 Å². The average molecular weight is 589 g/mol. The number of nitrogens with zero attached hydrogens (tertiary/aromatic N) is 1. The number of carbonyl (C=O) groups is 1. The van der Waals surface area contributed by atoms with Gasteiger partial charge in [0.1, 0.15) is 12.2 Å². The lowest BCUT2D eigenvalue weighted by Gasteiger charge is -2.28. The van der Waals surface area contributed by atoms with E-state index < -0.39 is 61.7 Å². The largest absolute Gasteiger partial charge is 0.464 e. The monoisotopic (exact) mass is 588 g/mol. The first-order chi connectivity index (χ1) is 19.5. The first-order valence-electron chi connectivity index (χ1n) is 12.9. The number of nitrogens with two attached hydrogens (primary N) is 1. The molecule has 3 aromatic rings. The number of aliphatic hydroxyl groups excluding tert-OH is 1. The number of H-pyrrole nitrogens is 1. The van der Waals surface area contributed by atoms with Crippen LogP contribution >= 0.6 is 7.75 Å². The highest BCUT2D eigenvalue weighted by atomic mass is 31.2. The van der Waals surface area contributed by atoms with Crippen molar-refractivity contribution >= 4 is 13.7 Å². The zero-order valence-electron chi connectivity index (χ0n) is 22.5. The third kappa shape index (κ3) is 7.27. The lowest BCUT2D eigenvalue weighted by molar-refractivity contribution is -0.152. The summed E-state index contributed by atoms with van der Waals surface area (Å²) in [5.41, 5.74) is 4.59. The van der Waals surface area contributed by atoms with Crippen LogP contribution in [0.5, 0.6) is 0 Å². The smallest absolute Gasteiger partial charge is 0.407 e. The SMILES string of the molecule is CCOC(=O)C(OP(=O)(NCc1ccccc1)OCC1OC(n2ccc(=O)[nH]c2=O)C(C)(N)C1O)c1ccccc1. The first kappa shape index (κ1) is 30.5. The Hall–Kier alpha value is -3.42. The molecule has 14 heteroatoms. The molecule has 0 radical (unpaired) electrons. The molecule has 1 fully saturated rings. The van der Waals surface area contributed by atoms with Gasteiger partial charge in [0.05, 0.1) is 18.8 Å². The summed E-state index contributed by atoms with van der Waals surface area (Å²) in [5.74, 6) is -0.770. The van der Waals surface area contributed by atoms with E-state index in [1.165, 1.54) is 13.1 Å². The molecule has 4 rings (SSSR count). The highest BCUT2D eigenvalue weighted by Crippen LogP contribution is 2.50. The summed E-state index contributed by atoms with van der Waals surface area (Å²) in [4.78, 5) is 38.9. The standard InChI is InChI=1S/C27H33N4O9P/c1-3-37-24(34)22(19-12-8-5-9-13-19)40-41(36,29-16-18-10-6-4-7-11-18)38-17-20-23(33)27(2,28)25(39-20)31-15-14-21(32)30-26(31)35/h4-15,20,22-23,25,33H,3,16-17,28H2,1-2H3,(H,29,36)(H,30,32,35). The van der Waals surface area contributed by atoms with Crippen LogP contribution in [0, 0.1) is 0 Å². The van der Waals surface area contributed by atoms with Crippen LogP contribution in [0.4, 0.5) is 0 Å². The topological polar surface area (TPSA) is 184 Å². The molecule has 2 heterocycles. The van der Waals surface area contributed by atoms with Crippen molar-refractivity contribution in [2.45, 2.75) is 50.5 Å². The highest BCUT2D eigenvalue weighted by molar-refractivity contribution is 7.51. The number of benzene rings is 2.